The summed E-state index contributed by atoms with van der Waals surface area (Å²) < 4.78 is 43.4. The molecule has 110 valence electrons. The zero-order valence-corrected chi connectivity index (χ0v) is 13.0. The zero-order valence-electron chi connectivity index (χ0n) is 10.6. The van der Waals surface area contributed by atoms with Crippen molar-refractivity contribution in [3.05, 3.63) is 45.8 Å². The predicted octanol–water partition coefficient (Wildman–Crippen LogP) is 3.55. The molecule has 0 bridgehead atoms. The van der Waals surface area contributed by atoms with E-state index in [2.05, 4.69) is 0 Å². The molecule has 1 heterocycles. The summed E-state index contributed by atoms with van der Waals surface area (Å²) in [6.07, 6.45) is 1.15. The molecule has 0 radical (unpaired) electrons. The van der Waals surface area contributed by atoms with E-state index in [1.165, 1.54) is 18.2 Å². The van der Waals surface area contributed by atoms with Crippen LogP contribution in [0.2, 0.25) is 10.0 Å². The Balaban J connectivity index is 2.53. The lowest BCUT2D eigenvalue weighted by Crippen LogP contribution is -2.23. The summed E-state index contributed by atoms with van der Waals surface area (Å²) in [5.41, 5.74) is 0.120. The zero-order chi connectivity index (χ0) is 15.1. The molecule has 0 fully saturated rings. The normalized spacial score (nSPS) is 18.9. The summed E-state index contributed by atoms with van der Waals surface area (Å²) in [5.74, 6) is -1.06. The van der Waals surface area contributed by atoms with Gasteiger partial charge < -0.3 is 9.47 Å². The first-order chi connectivity index (χ1) is 9.10. The molecule has 0 unspecified atom stereocenters. The van der Waals surface area contributed by atoms with Crippen LogP contribution in [0, 0.1) is 0 Å². The molecule has 1 atom stereocenters. The second-order valence-electron chi connectivity index (χ2n) is 4.70. The lowest BCUT2D eigenvalue weighted by atomic mass is 10.1. The molecule has 2 rings (SSSR count). The topological polar surface area (TPSA) is 72.8 Å². The van der Waals surface area contributed by atoms with Crippen molar-refractivity contribution in [1.82, 2.24) is 0 Å². The molecular weight excluding hydrogens is 327 g/mol. The van der Waals surface area contributed by atoms with E-state index in [0.717, 1.165) is 6.26 Å². The third-order valence-electron chi connectivity index (χ3n) is 2.62. The fraction of sp³-hybridized carbons (Fsp3) is 0.333. The molecule has 8 heteroatoms. The van der Waals surface area contributed by atoms with Crippen molar-refractivity contribution < 1.29 is 22.4 Å². The molecule has 1 aromatic carbocycles. The van der Waals surface area contributed by atoms with E-state index in [-0.39, 0.29) is 21.4 Å². The van der Waals surface area contributed by atoms with Crippen molar-refractivity contribution in [2.45, 2.75) is 24.9 Å². The highest BCUT2D eigenvalue weighted by atomic mass is 35.5. The molecule has 0 amide bonds. The van der Waals surface area contributed by atoms with Crippen molar-refractivity contribution >= 4 is 33.3 Å². The second kappa shape index (κ2) is 5.11. The van der Waals surface area contributed by atoms with E-state index in [1.807, 2.05) is 0 Å². The third-order valence-corrected chi connectivity index (χ3v) is 4.28. The summed E-state index contributed by atoms with van der Waals surface area (Å²) in [7, 11) is -4.51. The summed E-state index contributed by atoms with van der Waals surface area (Å²) >= 11 is 11.8. The van der Waals surface area contributed by atoms with Crippen molar-refractivity contribution in [3.63, 3.8) is 0 Å². The molecule has 0 spiro atoms. The minimum absolute atomic E-state index is 0.0540. The Morgan fingerprint density at radius 2 is 1.95 bits per heavy atom. The van der Waals surface area contributed by atoms with Gasteiger partial charge >= 0.3 is 0 Å². The highest BCUT2D eigenvalue weighted by Crippen LogP contribution is 2.40. The second-order valence-corrected chi connectivity index (χ2v) is 7.05. The summed E-state index contributed by atoms with van der Waals surface area (Å²) in [4.78, 5) is 0. The van der Waals surface area contributed by atoms with Gasteiger partial charge in [-0.3, -0.25) is 4.55 Å². The maximum Gasteiger partial charge on any atom is 0.279 e. The maximum absolute atomic E-state index is 11.7. The number of benzene rings is 1. The summed E-state index contributed by atoms with van der Waals surface area (Å²) in [6, 6.07) is 4.32. The van der Waals surface area contributed by atoms with E-state index in [1.54, 1.807) is 13.8 Å². The number of hydrogen-bond donors (Lipinski definition) is 1. The molecule has 0 aromatic heterocycles. The van der Waals surface area contributed by atoms with Gasteiger partial charge in [-0.25, -0.2) is 0 Å². The summed E-state index contributed by atoms with van der Waals surface area (Å²) in [6.45, 7) is 3.22. The minimum atomic E-state index is -4.51. The van der Waals surface area contributed by atoms with Crippen LogP contribution in [0.25, 0.3) is 0 Å². The predicted molar refractivity (Wildman–Crippen MR) is 75.1 cm³/mol. The molecular formula is C12H12Cl2O5S. The molecule has 5 nitrogen and oxygen atoms in total. The molecule has 20 heavy (non-hydrogen) atoms. The third kappa shape index (κ3) is 3.20. The van der Waals surface area contributed by atoms with E-state index in [9.17, 15) is 13.0 Å². The lowest BCUT2D eigenvalue weighted by molar-refractivity contribution is -0.117. The first kappa shape index (κ1) is 15.4. The Bertz CT molecular complexity index is 666. The van der Waals surface area contributed by atoms with Gasteiger partial charge in [-0.1, -0.05) is 23.2 Å². The standard InChI is InChI=1S/C12H12Cl2O5S/c1-12(2)18-6-10(19-12)11(20(15,16)17)8-5-7(13)3-4-9(8)14/h3-6,11H,1-2H3,(H,15,16,17)/t11-/m1/s1. The molecule has 0 saturated heterocycles. The van der Waals surface area contributed by atoms with Crippen molar-refractivity contribution in [2.24, 2.45) is 0 Å². The highest BCUT2D eigenvalue weighted by Gasteiger charge is 2.40. The van der Waals surface area contributed by atoms with Crippen molar-refractivity contribution in [1.29, 1.82) is 0 Å². The van der Waals surface area contributed by atoms with Gasteiger partial charge in [-0.2, -0.15) is 8.42 Å². The minimum Gasteiger partial charge on any atom is -0.457 e. The van der Waals surface area contributed by atoms with Gasteiger partial charge in [0.1, 0.15) is 6.26 Å². The van der Waals surface area contributed by atoms with Crippen LogP contribution in [-0.2, 0) is 19.6 Å². The van der Waals surface area contributed by atoms with Gasteiger partial charge in [0, 0.05) is 29.5 Å². The number of rotatable bonds is 3. The molecule has 1 aromatic rings. The average molecular weight is 339 g/mol. The monoisotopic (exact) mass is 338 g/mol. The fourth-order valence-corrected chi connectivity index (χ4v) is 3.21. The van der Waals surface area contributed by atoms with Crippen LogP contribution in [0.1, 0.15) is 24.7 Å². The Labute approximate surface area is 126 Å². The van der Waals surface area contributed by atoms with Gasteiger partial charge in [0.05, 0.1) is 0 Å². The molecule has 0 saturated carbocycles. The Kier molecular flexibility index (Phi) is 3.94. The largest absolute Gasteiger partial charge is 0.457 e. The average Bonchev–Trinajstić information content (AvgIpc) is 2.62. The Hall–Kier alpha value is -0.950. The van der Waals surface area contributed by atoms with Gasteiger partial charge in [-0.05, 0) is 18.2 Å². The number of hydrogen-bond acceptors (Lipinski definition) is 4. The quantitative estimate of drug-likeness (QED) is 0.853. The molecule has 1 N–H and O–H groups in total. The van der Waals surface area contributed by atoms with Crippen LogP contribution >= 0.6 is 23.2 Å². The van der Waals surface area contributed by atoms with Crippen LogP contribution in [0.4, 0.5) is 0 Å². The van der Waals surface area contributed by atoms with Crippen LogP contribution in [-0.4, -0.2) is 18.8 Å². The first-order valence-corrected chi connectivity index (χ1v) is 7.84. The van der Waals surface area contributed by atoms with Crippen LogP contribution in [0.3, 0.4) is 0 Å². The summed E-state index contributed by atoms with van der Waals surface area (Å²) in [5, 5.41) is -1.06. The maximum atomic E-state index is 11.7. The molecule has 1 aliphatic rings. The van der Waals surface area contributed by atoms with Crippen molar-refractivity contribution in [3.8, 4) is 0 Å². The van der Waals surface area contributed by atoms with Crippen LogP contribution in [0.15, 0.2) is 30.2 Å². The van der Waals surface area contributed by atoms with Gasteiger partial charge in [0.2, 0.25) is 5.79 Å². The van der Waals surface area contributed by atoms with E-state index < -0.39 is 21.2 Å². The lowest BCUT2D eigenvalue weighted by Gasteiger charge is -2.21. The SMILES string of the molecule is CC1(C)OC=C([C@@H](c2cc(Cl)ccc2Cl)S(=O)(=O)O)O1. The number of halogens is 2. The smallest absolute Gasteiger partial charge is 0.279 e. The highest BCUT2D eigenvalue weighted by molar-refractivity contribution is 7.86. The first-order valence-electron chi connectivity index (χ1n) is 5.58. The van der Waals surface area contributed by atoms with Crippen LogP contribution in [0.5, 0.6) is 0 Å². The van der Waals surface area contributed by atoms with Gasteiger partial charge in [-0.15, -0.1) is 0 Å². The van der Waals surface area contributed by atoms with Gasteiger partial charge in [0.25, 0.3) is 10.1 Å². The van der Waals surface area contributed by atoms with E-state index >= 15 is 0 Å². The Morgan fingerprint density at radius 1 is 1.30 bits per heavy atom. The van der Waals surface area contributed by atoms with E-state index in [4.69, 9.17) is 32.7 Å². The Morgan fingerprint density at radius 3 is 2.45 bits per heavy atom. The number of ether oxygens (including phenoxy) is 2. The van der Waals surface area contributed by atoms with E-state index in [0.29, 0.717) is 0 Å². The fourth-order valence-electron chi connectivity index (χ4n) is 1.82. The van der Waals surface area contributed by atoms with Crippen LogP contribution < -0.4 is 0 Å². The van der Waals surface area contributed by atoms with Crippen molar-refractivity contribution in [2.75, 3.05) is 0 Å². The van der Waals surface area contributed by atoms with Gasteiger partial charge in [0.15, 0.2) is 11.0 Å². The molecule has 0 aliphatic carbocycles. The molecule has 1 aliphatic heterocycles.